The van der Waals surface area contributed by atoms with E-state index >= 15 is 0 Å². The molecule has 0 saturated heterocycles. The van der Waals surface area contributed by atoms with Crippen LogP contribution in [0.1, 0.15) is 10.4 Å². The van der Waals surface area contributed by atoms with Crippen LogP contribution in [-0.4, -0.2) is 25.4 Å². The van der Waals surface area contributed by atoms with Crippen LogP contribution >= 0.6 is 11.3 Å². The first-order valence-corrected chi connectivity index (χ1v) is 6.13. The van der Waals surface area contributed by atoms with Gasteiger partial charge in [0.1, 0.15) is 11.1 Å². The van der Waals surface area contributed by atoms with Crippen molar-refractivity contribution < 1.29 is 14.8 Å². The van der Waals surface area contributed by atoms with Crippen molar-refractivity contribution in [1.29, 1.82) is 0 Å². The molecule has 0 amide bonds. The molecular weight excluding hydrogens is 286 g/mol. The van der Waals surface area contributed by atoms with Crippen molar-refractivity contribution in [3.63, 3.8) is 0 Å². The summed E-state index contributed by atoms with van der Waals surface area (Å²) in [4.78, 5) is 37.6. The fourth-order valence-electron chi connectivity index (χ4n) is 1.92. The number of aromatic carboxylic acids is 1. The molecule has 9 heteroatoms. The van der Waals surface area contributed by atoms with E-state index in [9.17, 15) is 19.7 Å². The Labute approximate surface area is 113 Å². The van der Waals surface area contributed by atoms with Gasteiger partial charge in [-0.3, -0.25) is 14.9 Å². The Morgan fingerprint density at radius 1 is 1.45 bits per heavy atom. The second kappa shape index (κ2) is 4.10. The van der Waals surface area contributed by atoms with Crippen LogP contribution < -0.4 is 5.56 Å². The number of nitro benzene ring substituents is 1. The molecule has 0 bridgehead atoms. The quantitative estimate of drug-likeness (QED) is 0.565. The SMILES string of the molecule is O=C(O)c1cnc2sc3cccc([N+](=O)[O-])c3n2c1=O. The lowest BCUT2D eigenvalue weighted by molar-refractivity contribution is -0.383. The van der Waals surface area contributed by atoms with Gasteiger partial charge in [-0.15, -0.1) is 0 Å². The van der Waals surface area contributed by atoms with Crippen molar-refractivity contribution in [3.8, 4) is 0 Å². The van der Waals surface area contributed by atoms with Gasteiger partial charge in [-0.05, 0) is 6.07 Å². The van der Waals surface area contributed by atoms with Crippen molar-refractivity contribution in [3.05, 3.63) is 50.4 Å². The van der Waals surface area contributed by atoms with E-state index < -0.39 is 22.0 Å². The molecule has 0 aliphatic carbocycles. The highest BCUT2D eigenvalue weighted by Crippen LogP contribution is 2.30. The summed E-state index contributed by atoms with van der Waals surface area (Å²) in [6, 6.07) is 4.37. The third-order valence-electron chi connectivity index (χ3n) is 2.76. The number of para-hydroxylation sites is 1. The summed E-state index contributed by atoms with van der Waals surface area (Å²) in [6.07, 6.45) is 0.960. The normalized spacial score (nSPS) is 11.0. The van der Waals surface area contributed by atoms with Gasteiger partial charge in [-0.25, -0.2) is 14.2 Å². The first kappa shape index (κ1) is 12.2. The Balaban J connectivity index is 2.60. The molecule has 2 aromatic heterocycles. The molecule has 0 fully saturated rings. The summed E-state index contributed by atoms with van der Waals surface area (Å²) in [5.74, 6) is -1.42. The van der Waals surface area contributed by atoms with Gasteiger partial charge in [0.15, 0.2) is 4.96 Å². The molecule has 8 nitrogen and oxygen atoms in total. The molecule has 1 aromatic carbocycles. The standard InChI is InChI=1S/C11H5N3O5S/c15-9-5(10(16)17)4-12-11-13(9)8-6(14(18)19)2-1-3-7(8)20-11/h1-4H,(H,16,17). The van der Waals surface area contributed by atoms with Gasteiger partial charge in [0, 0.05) is 6.07 Å². The highest BCUT2D eigenvalue weighted by molar-refractivity contribution is 7.23. The maximum Gasteiger partial charge on any atom is 0.342 e. The lowest BCUT2D eigenvalue weighted by Crippen LogP contribution is -2.22. The molecule has 1 N–H and O–H groups in total. The summed E-state index contributed by atoms with van der Waals surface area (Å²) in [5.41, 5.74) is -1.55. The smallest absolute Gasteiger partial charge is 0.342 e. The maximum absolute atomic E-state index is 12.1. The molecule has 100 valence electrons. The number of thiazole rings is 1. The number of nitrogens with zero attached hydrogens (tertiary/aromatic N) is 3. The zero-order valence-electron chi connectivity index (χ0n) is 9.64. The van der Waals surface area contributed by atoms with E-state index in [0.717, 1.165) is 21.9 Å². The van der Waals surface area contributed by atoms with E-state index in [1.54, 1.807) is 6.07 Å². The Kier molecular flexibility index (Phi) is 2.51. The Bertz CT molecular complexity index is 942. The second-order valence-corrected chi connectivity index (χ2v) is 4.89. The third kappa shape index (κ3) is 1.57. The minimum absolute atomic E-state index is 0.0677. The first-order chi connectivity index (χ1) is 9.50. The first-order valence-electron chi connectivity index (χ1n) is 5.31. The molecule has 2 heterocycles. The van der Waals surface area contributed by atoms with Crippen LogP contribution in [0.2, 0.25) is 0 Å². The van der Waals surface area contributed by atoms with Gasteiger partial charge in [0.2, 0.25) is 0 Å². The van der Waals surface area contributed by atoms with Gasteiger partial charge in [0.25, 0.3) is 11.2 Å². The maximum atomic E-state index is 12.1. The van der Waals surface area contributed by atoms with E-state index in [0.29, 0.717) is 4.70 Å². The van der Waals surface area contributed by atoms with Crippen LogP contribution in [0.5, 0.6) is 0 Å². The van der Waals surface area contributed by atoms with Crippen molar-refractivity contribution >= 4 is 38.2 Å². The Hall–Kier alpha value is -2.81. The minimum atomic E-state index is -1.42. The monoisotopic (exact) mass is 291 g/mol. The van der Waals surface area contributed by atoms with E-state index in [4.69, 9.17) is 5.11 Å². The molecule has 0 atom stereocenters. The number of nitro groups is 1. The summed E-state index contributed by atoms with van der Waals surface area (Å²) in [5, 5.41) is 20.0. The molecule has 20 heavy (non-hydrogen) atoms. The number of carboxylic acids is 1. The number of rotatable bonds is 2. The van der Waals surface area contributed by atoms with Crippen LogP contribution in [0.4, 0.5) is 5.69 Å². The largest absolute Gasteiger partial charge is 0.477 e. The van der Waals surface area contributed by atoms with Gasteiger partial charge in [0.05, 0.1) is 15.8 Å². The third-order valence-corrected chi connectivity index (χ3v) is 3.78. The van der Waals surface area contributed by atoms with Crippen molar-refractivity contribution in [2.24, 2.45) is 0 Å². The van der Waals surface area contributed by atoms with E-state index in [1.807, 2.05) is 0 Å². The van der Waals surface area contributed by atoms with Gasteiger partial charge < -0.3 is 5.11 Å². The molecule has 3 aromatic rings. The second-order valence-electron chi connectivity index (χ2n) is 3.88. The Morgan fingerprint density at radius 2 is 2.20 bits per heavy atom. The predicted octanol–water partition coefficient (Wildman–Crippen LogP) is 1.52. The van der Waals surface area contributed by atoms with Gasteiger partial charge in [-0.2, -0.15) is 0 Å². The fraction of sp³-hybridized carbons (Fsp3) is 0. The number of carboxylic acid groups (broad SMARTS) is 1. The molecule has 0 unspecified atom stereocenters. The number of hydrogen-bond acceptors (Lipinski definition) is 6. The van der Waals surface area contributed by atoms with Gasteiger partial charge >= 0.3 is 5.97 Å². The number of aromatic nitrogens is 2. The summed E-state index contributed by atoms with van der Waals surface area (Å²) in [6.45, 7) is 0. The number of hydrogen-bond donors (Lipinski definition) is 1. The van der Waals surface area contributed by atoms with Crippen molar-refractivity contribution in [1.82, 2.24) is 9.38 Å². The average Bonchev–Trinajstić information content (AvgIpc) is 2.77. The lowest BCUT2D eigenvalue weighted by atomic mass is 10.3. The molecule has 0 radical (unpaired) electrons. The van der Waals surface area contributed by atoms with E-state index in [-0.39, 0.29) is 16.2 Å². The molecule has 0 saturated carbocycles. The van der Waals surface area contributed by atoms with Crippen LogP contribution in [-0.2, 0) is 0 Å². The molecule has 0 spiro atoms. The summed E-state index contributed by atoms with van der Waals surface area (Å²) >= 11 is 1.08. The Morgan fingerprint density at radius 3 is 2.85 bits per heavy atom. The highest BCUT2D eigenvalue weighted by atomic mass is 32.1. The van der Waals surface area contributed by atoms with Crippen molar-refractivity contribution in [2.75, 3.05) is 0 Å². The van der Waals surface area contributed by atoms with E-state index in [2.05, 4.69) is 4.98 Å². The highest BCUT2D eigenvalue weighted by Gasteiger charge is 2.21. The number of fused-ring (bicyclic) bond motifs is 3. The molecule has 0 aliphatic rings. The van der Waals surface area contributed by atoms with Crippen LogP contribution in [0.25, 0.3) is 15.2 Å². The van der Waals surface area contributed by atoms with Gasteiger partial charge in [-0.1, -0.05) is 17.4 Å². The average molecular weight is 291 g/mol. The number of carbonyl (C=O) groups is 1. The van der Waals surface area contributed by atoms with Crippen molar-refractivity contribution in [2.45, 2.75) is 0 Å². The topological polar surface area (TPSA) is 115 Å². The number of non-ortho nitro benzene ring substituents is 1. The van der Waals surface area contributed by atoms with Crippen LogP contribution in [0.3, 0.4) is 0 Å². The molecular formula is C11H5N3O5S. The fourth-order valence-corrected chi connectivity index (χ4v) is 2.93. The summed E-state index contributed by atoms with van der Waals surface area (Å²) in [7, 11) is 0. The van der Waals surface area contributed by atoms with Crippen LogP contribution in [0.15, 0.2) is 29.2 Å². The lowest BCUT2D eigenvalue weighted by Gasteiger charge is -1.98. The van der Waals surface area contributed by atoms with Crippen LogP contribution in [0, 0.1) is 10.1 Å². The molecule has 3 rings (SSSR count). The minimum Gasteiger partial charge on any atom is -0.477 e. The van der Waals surface area contributed by atoms with E-state index in [1.165, 1.54) is 12.1 Å². The molecule has 0 aliphatic heterocycles. The zero-order chi connectivity index (χ0) is 14.4. The number of benzene rings is 1. The zero-order valence-corrected chi connectivity index (χ0v) is 10.5. The summed E-state index contributed by atoms with van der Waals surface area (Å²) < 4.78 is 1.47. The predicted molar refractivity (Wildman–Crippen MR) is 70.5 cm³/mol.